The first-order valence-electron chi connectivity index (χ1n) is 6.31. The molecule has 0 unspecified atom stereocenters. The van der Waals surface area contributed by atoms with E-state index in [0.29, 0.717) is 0 Å². The third-order valence-electron chi connectivity index (χ3n) is 3.63. The number of hydrogen-bond donors (Lipinski definition) is 1. The average Bonchev–Trinajstić information content (AvgIpc) is 2.30. The van der Waals surface area contributed by atoms with Crippen LogP contribution in [0.2, 0.25) is 0 Å². The fourth-order valence-electron chi connectivity index (χ4n) is 2.23. The van der Waals surface area contributed by atoms with Gasteiger partial charge in [-0.1, -0.05) is 12.1 Å². The minimum Gasteiger partial charge on any atom is -0.325 e. The molecule has 0 radical (unpaired) electrons. The second kappa shape index (κ2) is 5.15. The third-order valence-corrected chi connectivity index (χ3v) is 3.63. The van der Waals surface area contributed by atoms with Crippen molar-refractivity contribution >= 4 is 0 Å². The second-order valence-corrected chi connectivity index (χ2v) is 5.37. The lowest BCUT2D eigenvalue weighted by Gasteiger charge is -2.36. The van der Waals surface area contributed by atoms with Crippen LogP contribution in [0.25, 0.3) is 0 Å². The number of benzene rings is 1. The molecule has 0 atom stereocenters. The summed E-state index contributed by atoms with van der Waals surface area (Å²) in [5.41, 5.74) is 7.32. The van der Waals surface area contributed by atoms with Gasteiger partial charge < -0.3 is 10.6 Å². The quantitative estimate of drug-likeness (QED) is 0.871. The standard InChI is InChI=1S/C14H21FN2/c1-14(16)7-10-17(11-8-14)9-6-12-2-4-13(15)5-3-12/h2-5H,6-11,16H2,1H3. The SMILES string of the molecule is CC1(N)CCN(CCc2ccc(F)cc2)CC1. The van der Waals surface area contributed by atoms with Crippen LogP contribution < -0.4 is 5.73 Å². The van der Waals surface area contributed by atoms with Crippen molar-refractivity contribution in [2.24, 2.45) is 5.73 Å². The summed E-state index contributed by atoms with van der Waals surface area (Å²) in [5, 5.41) is 0. The molecule has 1 fully saturated rings. The zero-order valence-electron chi connectivity index (χ0n) is 10.5. The Morgan fingerprint density at radius 1 is 1.24 bits per heavy atom. The topological polar surface area (TPSA) is 29.3 Å². The van der Waals surface area contributed by atoms with Gasteiger partial charge in [0.1, 0.15) is 5.82 Å². The van der Waals surface area contributed by atoms with E-state index in [0.717, 1.165) is 38.9 Å². The van der Waals surface area contributed by atoms with E-state index in [1.54, 1.807) is 0 Å². The van der Waals surface area contributed by atoms with E-state index >= 15 is 0 Å². The summed E-state index contributed by atoms with van der Waals surface area (Å²) in [6, 6.07) is 6.80. The van der Waals surface area contributed by atoms with Crippen LogP contribution in [0.15, 0.2) is 24.3 Å². The van der Waals surface area contributed by atoms with Crippen molar-refractivity contribution in [1.29, 1.82) is 0 Å². The van der Waals surface area contributed by atoms with E-state index in [2.05, 4.69) is 11.8 Å². The van der Waals surface area contributed by atoms with E-state index in [1.807, 2.05) is 12.1 Å². The number of piperidine rings is 1. The number of nitrogens with zero attached hydrogens (tertiary/aromatic N) is 1. The molecule has 0 saturated carbocycles. The zero-order valence-corrected chi connectivity index (χ0v) is 10.5. The lowest BCUT2D eigenvalue weighted by Crippen LogP contribution is -2.48. The highest BCUT2D eigenvalue weighted by molar-refractivity contribution is 5.16. The average molecular weight is 236 g/mol. The van der Waals surface area contributed by atoms with Crippen molar-refractivity contribution in [2.75, 3.05) is 19.6 Å². The van der Waals surface area contributed by atoms with Gasteiger partial charge in [0.25, 0.3) is 0 Å². The maximum atomic E-state index is 12.7. The van der Waals surface area contributed by atoms with E-state index in [9.17, 15) is 4.39 Å². The van der Waals surface area contributed by atoms with Crippen molar-refractivity contribution in [1.82, 2.24) is 4.90 Å². The Morgan fingerprint density at radius 2 is 1.82 bits per heavy atom. The highest BCUT2D eigenvalue weighted by Gasteiger charge is 2.25. The second-order valence-electron chi connectivity index (χ2n) is 5.37. The van der Waals surface area contributed by atoms with E-state index < -0.39 is 0 Å². The molecule has 2 nitrogen and oxygen atoms in total. The molecular weight excluding hydrogens is 215 g/mol. The molecule has 1 saturated heterocycles. The zero-order chi connectivity index (χ0) is 12.3. The first-order chi connectivity index (χ1) is 8.05. The summed E-state index contributed by atoms with van der Waals surface area (Å²) in [4.78, 5) is 2.44. The molecule has 3 heteroatoms. The van der Waals surface area contributed by atoms with Crippen LogP contribution in [0.4, 0.5) is 4.39 Å². The number of rotatable bonds is 3. The van der Waals surface area contributed by atoms with Crippen LogP contribution in [0.5, 0.6) is 0 Å². The third kappa shape index (κ3) is 3.79. The first-order valence-corrected chi connectivity index (χ1v) is 6.31. The molecule has 1 aromatic carbocycles. The van der Waals surface area contributed by atoms with E-state index in [-0.39, 0.29) is 11.4 Å². The van der Waals surface area contributed by atoms with Crippen LogP contribution in [0.3, 0.4) is 0 Å². The van der Waals surface area contributed by atoms with Gasteiger partial charge in [-0.2, -0.15) is 0 Å². The molecule has 17 heavy (non-hydrogen) atoms. The molecule has 1 aliphatic heterocycles. The van der Waals surface area contributed by atoms with Crippen LogP contribution >= 0.6 is 0 Å². The summed E-state index contributed by atoms with van der Waals surface area (Å²) in [6.45, 7) is 5.33. The van der Waals surface area contributed by atoms with E-state index in [1.165, 1.54) is 17.7 Å². The predicted octanol–water partition coefficient (Wildman–Crippen LogP) is 2.18. The lowest BCUT2D eigenvalue weighted by atomic mass is 9.91. The highest BCUT2D eigenvalue weighted by atomic mass is 19.1. The molecule has 1 heterocycles. The van der Waals surface area contributed by atoms with Gasteiger partial charge >= 0.3 is 0 Å². The fraction of sp³-hybridized carbons (Fsp3) is 0.571. The Hall–Kier alpha value is -0.930. The normalized spacial score (nSPS) is 20.4. The number of halogens is 1. The molecule has 1 aromatic rings. The van der Waals surface area contributed by atoms with Crippen LogP contribution in [-0.2, 0) is 6.42 Å². The number of likely N-dealkylation sites (tertiary alicyclic amines) is 1. The molecule has 0 amide bonds. The number of hydrogen-bond acceptors (Lipinski definition) is 2. The summed E-state index contributed by atoms with van der Waals surface area (Å²) in [6.07, 6.45) is 3.12. The minimum absolute atomic E-state index is 0.0202. The van der Waals surface area contributed by atoms with Crippen molar-refractivity contribution in [2.45, 2.75) is 31.7 Å². The smallest absolute Gasteiger partial charge is 0.123 e. The minimum atomic E-state index is -0.161. The lowest BCUT2D eigenvalue weighted by molar-refractivity contribution is 0.173. The monoisotopic (exact) mass is 236 g/mol. The maximum Gasteiger partial charge on any atom is 0.123 e. The molecule has 1 aliphatic rings. The Balaban J connectivity index is 1.78. The van der Waals surface area contributed by atoms with Crippen molar-refractivity contribution in [3.8, 4) is 0 Å². The van der Waals surface area contributed by atoms with E-state index in [4.69, 9.17) is 5.73 Å². The van der Waals surface area contributed by atoms with Crippen molar-refractivity contribution in [3.63, 3.8) is 0 Å². The van der Waals surface area contributed by atoms with Gasteiger partial charge in [0.05, 0.1) is 0 Å². The first kappa shape index (κ1) is 12.5. The largest absolute Gasteiger partial charge is 0.325 e. The Kier molecular flexibility index (Phi) is 3.79. The Morgan fingerprint density at radius 3 is 2.41 bits per heavy atom. The Labute approximate surface area is 103 Å². The Bertz CT molecular complexity index is 349. The van der Waals surface area contributed by atoms with Gasteiger partial charge in [-0.05, 0) is 57.0 Å². The van der Waals surface area contributed by atoms with Gasteiger partial charge in [0.2, 0.25) is 0 Å². The van der Waals surface area contributed by atoms with Gasteiger partial charge in [-0.25, -0.2) is 4.39 Å². The van der Waals surface area contributed by atoms with Crippen LogP contribution in [-0.4, -0.2) is 30.1 Å². The molecule has 2 N–H and O–H groups in total. The van der Waals surface area contributed by atoms with Crippen LogP contribution in [0.1, 0.15) is 25.3 Å². The summed E-state index contributed by atoms with van der Waals surface area (Å²) >= 11 is 0. The van der Waals surface area contributed by atoms with Crippen molar-refractivity contribution < 1.29 is 4.39 Å². The summed E-state index contributed by atoms with van der Waals surface area (Å²) < 4.78 is 12.7. The van der Waals surface area contributed by atoms with Gasteiger partial charge in [-0.3, -0.25) is 0 Å². The number of nitrogens with two attached hydrogens (primary N) is 1. The molecule has 0 aliphatic carbocycles. The molecule has 0 spiro atoms. The summed E-state index contributed by atoms with van der Waals surface area (Å²) in [5.74, 6) is -0.161. The van der Waals surface area contributed by atoms with Gasteiger partial charge in [0, 0.05) is 12.1 Å². The van der Waals surface area contributed by atoms with Crippen molar-refractivity contribution in [3.05, 3.63) is 35.6 Å². The summed E-state index contributed by atoms with van der Waals surface area (Å²) in [7, 11) is 0. The molecule has 94 valence electrons. The fourth-order valence-corrected chi connectivity index (χ4v) is 2.23. The highest BCUT2D eigenvalue weighted by Crippen LogP contribution is 2.18. The molecule has 2 rings (SSSR count). The van der Waals surface area contributed by atoms with Gasteiger partial charge in [-0.15, -0.1) is 0 Å². The molecule has 0 aromatic heterocycles. The van der Waals surface area contributed by atoms with Gasteiger partial charge in [0.15, 0.2) is 0 Å². The predicted molar refractivity (Wildman–Crippen MR) is 68.4 cm³/mol. The maximum absolute atomic E-state index is 12.7. The molecular formula is C14H21FN2. The van der Waals surface area contributed by atoms with Crippen LogP contribution in [0, 0.1) is 5.82 Å². The molecule has 0 bridgehead atoms.